The highest BCUT2D eigenvalue weighted by Crippen LogP contribution is 2.33. The van der Waals surface area contributed by atoms with Gasteiger partial charge in [-0.3, -0.25) is 20.7 Å². The molecule has 0 bridgehead atoms. The quantitative estimate of drug-likeness (QED) is 0.703. The molecule has 0 fully saturated rings. The smallest absolute Gasteiger partial charge is 0.289 e. The molecule has 2 rings (SSSR count). The van der Waals surface area contributed by atoms with Crippen molar-refractivity contribution in [2.75, 3.05) is 5.09 Å². The van der Waals surface area contributed by atoms with Crippen molar-refractivity contribution in [3.63, 3.8) is 0 Å². The summed E-state index contributed by atoms with van der Waals surface area (Å²) in [7, 11) is -3.35. The topological polar surface area (TPSA) is 94.0 Å². The molecule has 1 aromatic heterocycles. The first-order chi connectivity index (χ1) is 6.94. The standard InChI is InChI=1S/C7H8FN4OPS/c8-4-1-2-5-6(3-4)15-7(11-5)12-14(9,10)13/h1-3H,(H5,9,10,11,12,13). The van der Waals surface area contributed by atoms with Gasteiger partial charge in [-0.05, 0) is 18.2 Å². The zero-order valence-corrected chi connectivity index (χ0v) is 9.19. The van der Waals surface area contributed by atoms with Gasteiger partial charge in [-0.1, -0.05) is 11.3 Å². The first kappa shape index (κ1) is 10.5. The van der Waals surface area contributed by atoms with E-state index < -0.39 is 7.59 Å². The van der Waals surface area contributed by atoms with Crippen molar-refractivity contribution in [3.05, 3.63) is 24.0 Å². The number of benzene rings is 1. The van der Waals surface area contributed by atoms with Crippen LogP contribution in [0.5, 0.6) is 0 Å². The molecule has 0 unspecified atom stereocenters. The molecule has 0 aliphatic rings. The number of nitrogens with one attached hydrogen (secondary N) is 1. The van der Waals surface area contributed by atoms with Crippen molar-refractivity contribution < 1.29 is 8.96 Å². The highest BCUT2D eigenvalue weighted by molar-refractivity contribution is 7.61. The molecular weight excluding hydrogens is 238 g/mol. The average Bonchev–Trinajstić information content (AvgIpc) is 2.42. The minimum absolute atomic E-state index is 0.323. The Bertz CT molecular complexity index is 551. The van der Waals surface area contributed by atoms with E-state index in [4.69, 9.17) is 11.0 Å². The van der Waals surface area contributed by atoms with Crippen molar-refractivity contribution in [1.29, 1.82) is 0 Å². The van der Waals surface area contributed by atoms with E-state index in [1.807, 2.05) is 0 Å². The molecule has 0 radical (unpaired) electrons. The molecule has 5 nitrogen and oxygen atoms in total. The fourth-order valence-corrected chi connectivity index (χ4v) is 2.80. The monoisotopic (exact) mass is 246 g/mol. The van der Waals surface area contributed by atoms with Gasteiger partial charge in [-0.2, -0.15) is 0 Å². The molecule has 5 N–H and O–H groups in total. The maximum Gasteiger partial charge on any atom is 0.299 e. The van der Waals surface area contributed by atoms with Crippen LogP contribution in [0.1, 0.15) is 0 Å². The normalized spacial score (nSPS) is 11.9. The van der Waals surface area contributed by atoms with Gasteiger partial charge in [0.05, 0.1) is 10.2 Å². The van der Waals surface area contributed by atoms with Crippen LogP contribution in [0.2, 0.25) is 0 Å². The summed E-state index contributed by atoms with van der Waals surface area (Å²) in [6.07, 6.45) is 0. The molecule has 0 amide bonds. The van der Waals surface area contributed by atoms with Gasteiger partial charge in [0.2, 0.25) is 0 Å². The predicted octanol–water partition coefficient (Wildman–Crippen LogP) is 1.87. The number of aromatic nitrogens is 1. The van der Waals surface area contributed by atoms with Gasteiger partial charge in [0, 0.05) is 0 Å². The minimum atomic E-state index is -3.35. The van der Waals surface area contributed by atoms with E-state index in [1.165, 1.54) is 18.2 Å². The van der Waals surface area contributed by atoms with E-state index in [1.54, 1.807) is 0 Å². The maximum atomic E-state index is 12.8. The zero-order chi connectivity index (χ0) is 11.1. The van der Waals surface area contributed by atoms with Crippen LogP contribution in [0.4, 0.5) is 9.52 Å². The lowest BCUT2D eigenvalue weighted by atomic mass is 10.3. The molecule has 0 saturated heterocycles. The zero-order valence-electron chi connectivity index (χ0n) is 7.48. The fourth-order valence-electron chi connectivity index (χ4n) is 1.10. The van der Waals surface area contributed by atoms with Crippen LogP contribution in [0.15, 0.2) is 18.2 Å². The van der Waals surface area contributed by atoms with Gasteiger partial charge < -0.3 is 0 Å². The van der Waals surface area contributed by atoms with E-state index in [2.05, 4.69) is 10.1 Å². The Balaban J connectivity index is 2.43. The number of nitrogens with two attached hydrogens (primary N) is 2. The molecule has 1 aromatic carbocycles. The molecule has 15 heavy (non-hydrogen) atoms. The number of rotatable bonds is 2. The van der Waals surface area contributed by atoms with Crippen molar-refractivity contribution >= 4 is 34.3 Å². The van der Waals surface area contributed by atoms with E-state index >= 15 is 0 Å². The lowest BCUT2D eigenvalue weighted by molar-refractivity contribution is 0.580. The van der Waals surface area contributed by atoms with Crippen molar-refractivity contribution in [2.24, 2.45) is 11.0 Å². The number of hydrogen-bond donors (Lipinski definition) is 3. The van der Waals surface area contributed by atoms with Crippen molar-refractivity contribution in [2.45, 2.75) is 0 Å². The van der Waals surface area contributed by atoms with E-state index in [-0.39, 0.29) is 5.82 Å². The molecular formula is C7H8FN4OPS. The number of nitrogens with zero attached hydrogens (tertiary/aromatic N) is 1. The highest BCUT2D eigenvalue weighted by atomic mass is 32.1. The Morgan fingerprint density at radius 1 is 1.47 bits per heavy atom. The average molecular weight is 246 g/mol. The SMILES string of the molecule is NP(N)(=O)Nc1nc2ccc(F)cc2s1. The van der Waals surface area contributed by atoms with Crippen LogP contribution in [-0.2, 0) is 4.57 Å². The first-order valence-electron chi connectivity index (χ1n) is 3.96. The van der Waals surface area contributed by atoms with Crippen LogP contribution < -0.4 is 16.1 Å². The summed E-state index contributed by atoms with van der Waals surface area (Å²) in [4.78, 5) is 4.05. The van der Waals surface area contributed by atoms with Crippen molar-refractivity contribution in [3.8, 4) is 0 Å². The Morgan fingerprint density at radius 3 is 2.87 bits per heavy atom. The molecule has 1 heterocycles. The number of halogens is 1. The van der Waals surface area contributed by atoms with Gasteiger partial charge >= 0.3 is 0 Å². The lowest BCUT2D eigenvalue weighted by Gasteiger charge is -2.04. The summed E-state index contributed by atoms with van der Waals surface area (Å²) < 4.78 is 24.5. The number of thiazole rings is 1. The van der Waals surface area contributed by atoms with Gasteiger partial charge in [-0.15, -0.1) is 0 Å². The Morgan fingerprint density at radius 2 is 2.20 bits per heavy atom. The van der Waals surface area contributed by atoms with Crippen LogP contribution >= 0.6 is 18.9 Å². The number of anilines is 1. The fraction of sp³-hybridized carbons (Fsp3) is 0. The minimum Gasteiger partial charge on any atom is -0.289 e. The molecule has 8 heteroatoms. The molecule has 0 aliphatic heterocycles. The van der Waals surface area contributed by atoms with Gasteiger partial charge in [-0.25, -0.2) is 9.37 Å². The number of hydrogen-bond acceptors (Lipinski definition) is 3. The Hall–Kier alpha value is -1.01. The molecule has 0 atom stereocenters. The first-order valence-corrected chi connectivity index (χ1v) is 6.62. The third kappa shape index (κ3) is 2.51. The summed E-state index contributed by atoms with van der Waals surface area (Å²) in [6, 6.07) is 4.18. The Labute approximate surface area is 88.8 Å². The molecule has 2 aromatic rings. The second kappa shape index (κ2) is 3.53. The molecule has 0 saturated carbocycles. The van der Waals surface area contributed by atoms with Crippen LogP contribution in [0.25, 0.3) is 10.2 Å². The summed E-state index contributed by atoms with van der Waals surface area (Å²) in [6.45, 7) is 0. The largest absolute Gasteiger partial charge is 0.299 e. The summed E-state index contributed by atoms with van der Waals surface area (Å²) in [5.74, 6) is -0.346. The highest BCUT2D eigenvalue weighted by Gasteiger charge is 2.11. The van der Waals surface area contributed by atoms with E-state index in [0.717, 1.165) is 11.3 Å². The summed E-state index contributed by atoms with van der Waals surface area (Å²) in [5, 5.41) is 2.71. The van der Waals surface area contributed by atoms with E-state index in [9.17, 15) is 8.96 Å². The van der Waals surface area contributed by atoms with Crippen LogP contribution in [0, 0.1) is 5.82 Å². The van der Waals surface area contributed by atoms with E-state index in [0.29, 0.717) is 15.3 Å². The summed E-state index contributed by atoms with van der Waals surface area (Å²) >= 11 is 1.14. The van der Waals surface area contributed by atoms with Gasteiger partial charge in [0.25, 0.3) is 7.59 Å². The lowest BCUT2D eigenvalue weighted by Crippen LogP contribution is -2.12. The number of fused-ring (bicyclic) bond motifs is 1. The van der Waals surface area contributed by atoms with Gasteiger partial charge in [0.15, 0.2) is 5.13 Å². The maximum absolute atomic E-state index is 12.8. The third-order valence-electron chi connectivity index (χ3n) is 1.62. The van der Waals surface area contributed by atoms with Crippen LogP contribution in [-0.4, -0.2) is 4.98 Å². The third-order valence-corrected chi connectivity index (χ3v) is 3.27. The molecule has 0 spiro atoms. The van der Waals surface area contributed by atoms with Gasteiger partial charge in [0.1, 0.15) is 5.82 Å². The molecule has 80 valence electrons. The predicted molar refractivity (Wildman–Crippen MR) is 59.2 cm³/mol. The second-order valence-corrected chi connectivity index (χ2v) is 5.63. The summed E-state index contributed by atoms with van der Waals surface area (Å²) in [5.41, 5.74) is 10.9. The Kier molecular flexibility index (Phi) is 2.47. The van der Waals surface area contributed by atoms with Crippen LogP contribution in [0.3, 0.4) is 0 Å². The van der Waals surface area contributed by atoms with Crippen molar-refractivity contribution in [1.82, 2.24) is 4.98 Å². The molecule has 0 aliphatic carbocycles. The second-order valence-electron chi connectivity index (χ2n) is 2.95.